The minimum absolute atomic E-state index is 0.202. The van der Waals surface area contributed by atoms with Crippen LogP contribution in [0.2, 0.25) is 0 Å². The summed E-state index contributed by atoms with van der Waals surface area (Å²) in [5, 5.41) is 4.10. The summed E-state index contributed by atoms with van der Waals surface area (Å²) < 4.78 is 26.8. The van der Waals surface area contributed by atoms with Gasteiger partial charge in [-0.05, 0) is 90.3 Å². The molecule has 0 atom stereocenters. The first-order valence-corrected chi connectivity index (χ1v) is 12.7. The van der Waals surface area contributed by atoms with Gasteiger partial charge >= 0.3 is 0 Å². The van der Waals surface area contributed by atoms with E-state index in [-0.39, 0.29) is 18.3 Å². The Labute approximate surface area is 232 Å². The van der Waals surface area contributed by atoms with Gasteiger partial charge in [0.05, 0.1) is 19.0 Å². The molecule has 0 aliphatic carbocycles. The lowest BCUT2D eigenvalue weighted by atomic mass is 10.1. The molecule has 0 saturated heterocycles. The highest BCUT2D eigenvalue weighted by Crippen LogP contribution is 2.29. The van der Waals surface area contributed by atoms with Crippen molar-refractivity contribution in [3.05, 3.63) is 137 Å². The van der Waals surface area contributed by atoms with E-state index in [4.69, 9.17) is 9.47 Å². The van der Waals surface area contributed by atoms with Crippen molar-refractivity contribution in [2.24, 2.45) is 5.10 Å². The summed E-state index contributed by atoms with van der Waals surface area (Å²) in [6.45, 7) is 2.26. The number of nitrogens with zero attached hydrogens (tertiary/aromatic N) is 2. The van der Waals surface area contributed by atoms with Gasteiger partial charge in [0.15, 0.2) is 11.5 Å². The zero-order valence-corrected chi connectivity index (χ0v) is 22.2. The number of benzene rings is 4. The molecule has 0 aliphatic heterocycles. The predicted molar refractivity (Wildman–Crippen MR) is 155 cm³/mol. The number of hydrazone groups is 1. The SMILES string of the molecule is COc1cc(/C=N/NC(=O)c2ccc(-n3c(C)ccc3-c3ccccc3)cc2)ccc1OCc1cccc(F)c1. The van der Waals surface area contributed by atoms with Crippen molar-refractivity contribution in [1.82, 2.24) is 9.99 Å². The lowest BCUT2D eigenvalue weighted by Gasteiger charge is -2.13. The van der Waals surface area contributed by atoms with E-state index < -0.39 is 0 Å². The van der Waals surface area contributed by atoms with Crippen molar-refractivity contribution in [3.8, 4) is 28.4 Å². The van der Waals surface area contributed by atoms with Gasteiger partial charge in [0.25, 0.3) is 5.91 Å². The number of ether oxygens (including phenoxy) is 2. The molecule has 0 aliphatic rings. The molecule has 40 heavy (non-hydrogen) atoms. The molecule has 0 bridgehead atoms. The third-order valence-electron chi connectivity index (χ3n) is 6.38. The number of methoxy groups -OCH3 is 1. The highest BCUT2D eigenvalue weighted by Gasteiger charge is 2.11. The van der Waals surface area contributed by atoms with Gasteiger partial charge in [0.1, 0.15) is 12.4 Å². The van der Waals surface area contributed by atoms with Crippen LogP contribution in [-0.2, 0) is 6.61 Å². The Morgan fingerprint density at radius 1 is 0.900 bits per heavy atom. The van der Waals surface area contributed by atoms with Crippen LogP contribution >= 0.6 is 0 Å². The molecule has 6 nitrogen and oxygen atoms in total. The summed E-state index contributed by atoms with van der Waals surface area (Å²) in [5.41, 5.74) is 8.75. The molecule has 1 heterocycles. The van der Waals surface area contributed by atoms with E-state index in [2.05, 4.69) is 46.3 Å². The minimum Gasteiger partial charge on any atom is -0.493 e. The maximum atomic E-state index is 13.4. The van der Waals surface area contributed by atoms with E-state index in [9.17, 15) is 9.18 Å². The van der Waals surface area contributed by atoms with Crippen LogP contribution in [0.5, 0.6) is 11.5 Å². The molecule has 4 aromatic carbocycles. The minimum atomic E-state index is -0.322. The Balaban J connectivity index is 1.22. The third kappa shape index (κ3) is 6.10. The third-order valence-corrected chi connectivity index (χ3v) is 6.38. The molecule has 0 spiro atoms. The Morgan fingerprint density at radius 3 is 2.45 bits per heavy atom. The number of amides is 1. The zero-order chi connectivity index (χ0) is 27.9. The number of rotatable bonds is 9. The molecule has 0 saturated carbocycles. The molecule has 1 amide bonds. The monoisotopic (exact) mass is 533 g/mol. The summed E-state index contributed by atoms with van der Waals surface area (Å²) in [4.78, 5) is 12.7. The molecule has 1 N–H and O–H groups in total. The molecular formula is C33H28FN3O3. The second kappa shape index (κ2) is 12.1. The number of nitrogens with one attached hydrogen (secondary N) is 1. The number of carbonyl (C=O) groups excluding carboxylic acids is 1. The van der Waals surface area contributed by atoms with Crippen molar-refractivity contribution in [3.63, 3.8) is 0 Å². The fraction of sp³-hybridized carbons (Fsp3) is 0.0909. The van der Waals surface area contributed by atoms with Crippen molar-refractivity contribution < 1.29 is 18.7 Å². The molecule has 0 radical (unpaired) electrons. The fourth-order valence-electron chi connectivity index (χ4n) is 4.38. The van der Waals surface area contributed by atoms with E-state index in [1.807, 2.05) is 30.3 Å². The predicted octanol–water partition coefficient (Wildman–Crippen LogP) is 6.94. The van der Waals surface area contributed by atoms with E-state index in [0.717, 1.165) is 22.6 Å². The Morgan fingerprint density at radius 2 is 1.70 bits per heavy atom. The van der Waals surface area contributed by atoms with Gasteiger partial charge in [-0.15, -0.1) is 0 Å². The van der Waals surface area contributed by atoms with E-state index in [1.165, 1.54) is 25.5 Å². The molecule has 1 aromatic heterocycles. The van der Waals surface area contributed by atoms with Gasteiger partial charge in [-0.2, -0.15) is 5.10 Å². The van der Waals surface area contributed by atoms with Gasteiger partial charge in [-0.3, -0.25) is 4.79 Å². The molecular weight excluding hydrogens is 505 g/mol. The normalized spacial score (nSPS) is 11.0. The summed E-state index contributed by atoms with van der Waals surface area (Å²) >= 11 is 0. The number of aromatic nitrogens is 1. The number of hydrogen-bond acceptors (Lipinski definition) is 4. The number of carbonyl (C=O) groups is 1. The van der Waals surface area contributed by atoms with Crippen molar-refractivity contribution in [2.75, 3.05) is 7.11 Å². The Bertz CT molecular complexity index is 1640. The van der Waals surface area contributed by atoms with Crippen LogP contribution in [-0.4, -0.2) is 23.8 Å². The largest absolute Gasteiger partial charge is 0.493 e. The van der Waals surface area contributed by atoms with E-state index in [1.54, 1.807) is 42.5 Å². The molecule has 5 aromatic rings. The second-order valence-corrected chi connectivity index (χ2v) is 9.14. The van der Waals surface area contributed by atoms with Gasteiger partial charge in [0.2, 0.25) is 0 Å². The first-order valence-electron chi connectivity index (χ1n) is 12.7. The fourth-order valence-corrected chi connectivity index (χ4v) is 4.38. The second-order valence-electron chi connectivity index (χ2n) is 9.14. The van der Waals surface area contributed by atoms with Gasteiger partial charge < -0.3 is 14.0 Å². The maximum Gasteiger partial charge on any atom is 0.271 e. The van der Waals surface area contributed by atoms with E-state index in [0.29, 0.717) is 28.2 Å². The lowest BCUT2D eigenvalue weighted by molar-refractivity contribution is 0.0955. The van der Waals surface area contributed by atoms with Crippen molar-refractivity contribution in [1.29, 1.82) is 0 Å². The molecule has 0 unspecified atom stereocenters. The topological polar surface area (TPSA) is 64.8 Å². The van der Waals surface area contributed by atoms with Crippen LogP contribution in [0, 0.1) is 12.7 Å². The van der Waals surface area contributed by atoms with E-state index >= 15 is 0 Å². The van der Waals surface area contributed by atoms with Crippen LogP contribution in [0.15, 0.2) is 114 Å². The Kier molecular flexibility index (Phi) is 8.02. The lowest BCUT2D eigenvalue weighted by Crippen LogP contribution is -2.17. The first-order chi connectivity index (χ1) is 19.5. The summed E-state index contributed by atoms with van der Waals surface area (Å²) in [5.74, 6) is 0.377. The molecule has 7 heteroatoms. The average Bonchev–Trinajstić information content (AvgIpc) is 3.38. The molecule has 0 fully saturated rings. The van der Waals surface area contributed by atoms with Crippen LogP contribution in [0.25, 0.3) is 16.9 Å². The van der Waals surface area contributed by atoms with Crippen LogP contribution < -0.4 is 14.9 Å². The van der Waals surface area contributed by atoms with Crippen LogP contribution in [0.4, 0.5) is 4.39 Å². The first kappa shape index (κ1) is 26.4. The van der Waals surface area contributed by atoms with Gasteiger partial charge in [-0.25, -0.2) is 9.82 Å². The van der Waals surface area contributed by atoms with Crippen molar-refractivity contribution >= 4 is 12.1 Å². The van der Waals surface area contributed by atoms with Crippen molar-refractivity contribution in [2.45, 2.75) is 13.5 Å². The quantitative estimate of drug-likeness (QED) is 0.165. The summed E-state index contributed by atoms with van der Waals surface area (Å²) in [6.07, 6.45) is 1.53. The number of aryl methyl sites for hydroxylation is 1. The zero-order valence-electron chi connectivity index (χ0n) is 22.2. The molecule has 200 valence electrons. The van der Waals surface area contributed by atoms with Crippen LogP contribution in [0.3, 0.4) is 0 Å². The summed E-state index contributed by atoms with van der Waals surface area (Å²) in [6, 6.07) is 33.3. The summed E-state index contributed by atoms with van der Waals surface area (Å²) in [7, 11) is 1.54. The highest BCUT2D eigenvalue weighted by atomic mass is 19.1. The molecule has 5 rings (SSSR count). The van der Waals surface area contributed by atoms with Gasteiger partial charge in [0, 0.05) is 16.9 Å². The van der Waals surface area contributed by atoms with Gasteiger partial charge in [-0.1, -0.05) is 42.5 Å². The smallest absolute Gasteiger partial charge is 0.271 e. The Hall–Kier alpha value is -5.17. The standard InChI is InChI=1S/C33H28FN3O3/c1-23-11-17-30(26-8-4-3-5-9-26)37(23)29-15-13-27(14-16-29)33(38)36-35-21-24-12-18-31(32(20-24)39-2)40-22-25-7-6-10-28(34)19-25/h3-21H,22H2,1-2H3,(H,36,38)/b35-21+. The maximum absolute atomic E-state index is 13.4. The van der Waals surface area contributed by atoms with Crippen LogP contribution in [0.1, 0.15) is 27.2 Å². The number of halogens is 1. The average molecular weight is 534 g/mol. The highest BCUT2D eigenvalue weighted by molar-refractivity contribution is 5.95. The number of hydrogen-bond donors (Lipinski definition) is 1.